The molecule has 0 spiro atoms. The minimum absolute atomic E-state index is 0.00414. The third kappa shape index (κ3) is 5.30. The number of amides is 2. The summed E-state index contributed by atoms with van der Waals surface area (Å²) in [4.78, 5) is 29.1. The van der Waals surface area contributed by atoms with Crippen LogP contribution < -0.4 is 5.32 Å². The van der Waals surface area contributed by atoms with Gasteiger partial charge in [-0.2, -0.15) is 0 Å². The van der Waals surface area contributed by atoms with Gasteiger partial charge in [-0.05, 0) is 63.4 Å². The Kier molecular flexibility index (Phi) is 6.45. The second kappa shape index (κ2) is 8.99. The highest BCUT2D eigenvalue weighted by Gasteiger charge is 2.19. The fraction of sp³-hybridized carbons (Fsp3) is 0.600. The lowest BCUT2D eigenvalue weighted by atomic mass is 10.1. The molecule has 2 amide bonds. The van der Waals surface area contributed by atoms with Gasteiger partial charge in [0.25, 0.3) is 5.91 Å². The zero-order valence-corrected chi connectivity index (χ0v) is 15.0. The molecule has 0 bridgehead atoms. The Morgan fingerprint density at radius 2 is 1.52 bits per heavy atom. The smallest absolute Gasteiger partial charge is 0.253 e. The number of nitrogens with zero attached hydrogens (tertiary/aromatic N) is 2. The van der Waals surface area contributed by atoms with Gasteiger partial charge in [0.2, 0.25) is 5.91 Å². The summed E-state index contributed by atoms with van der Waals surface area (Å²) >= 11 is 0. The van der Waals surface area contributed by atoms with Crippen LogP contribution in [0.5, 0.6) is 0 Å². The van der Waals surface area contributed by atoms with Crippen molar-refractivity contribution in [1.29, 1.82) is 0 Å². The summed E-state index contributed by atoms with van der Waals surface area (Å²) in [5.41, 5.74) is 1.37. The molecule has 0 aliphatic carbocycles. The maximum Gasteiger partial charge on any atom is 0.253 e. The van der Waals surface area contributed by atoms with Crippen LogP contribution >= 0.6 is 0 Å². The number of likely N-dealkylation sites (tertiary alicyclic amines) is 2. The molecular formula is C20H29N3O2. The van der Waals surface area contributed by atoms with Crippen molar-refractivity contribution in [3.05, 3.63) is 29.8 Å². The highest BCUT2D eigenvalue weighted by atomic mass is 16.2. The normalized spacial score (nSPS) is 19.3. The van der Waals surface area contributed by atoms with Gasteiger partial charge in [-0.15, -0.1) is 0 Å². The summed E-state index contributed by atoms with van der Waals surface area (Å²) < 4.78 is 0. The summed E-state index contributed by atoms with van der Waals surface area (Å²) in [6, 6.07) is 7.34. The highest BCUT2D eigenvalue weighted by molar-refractivity contribution is 5.97. The number of rotatable bonds is 4. The molecule has 2 fully saturated rings. The molecule has 3 rings (SSSR count). The first kappa shape index (κ1) is 17.9. The first-order valence-corrected chi connectivity index (χ1v) is 9.64. The van der Waals surface area contributed by atoms with Gasteiger partial charge in [-0.25, -0.2) is 0 Å². The van der Waals surface area contributed by atoms with Crippen LogP contribution in [0.15, 0.2) is 24.3 Å². The van der Waals surface area contributed by atoms with E-state index in [1.54, 1.807) is 6.07 Å². The predicted molar refractivity (Wildman–Crippen MR) is 99.7 cm³/mol. The number of hydrogen-bond acceptors (Lipinski definition) is 3. The van der Waals surface area contributed by atoms with Gasteiger partial charge in [0.1, 0.15) is 0 Å². The molecule has 0 aromatic heterocycles. The van der Waals surface area contributed by atoms with Crippen molar-refractivity contribution in [2.45, 2.75) is 44.9 Å². The molecule has 1 aromatic carbocycles. The van der Waals surface area contributed by atoms with E-state index in [4.69, 9.17) is 0 Å². The SMILES string of the molecule is O=C(CN1CCCCCC1)Nc1cccc(C(=O)N2CCCCC2)c1. The van der Waals surface area contributed by atoms with Gasteiger partial charge < -0.3 is 10.2 Å². The Morgan fingerprint density at radius 3 is 2.24 bits per heavy atom. The number of carbonyl (C=O) groups excluding carboxylic acids is 2. The number of carbonyl (C=O) groups is 2. The quantitative estimate of drug-likeness (QED) is 0.914. The molecule has 5 nitrogen and oxygen atoms in total. The molecule has 0 atom stereocenters. The highest BCUT2D eigenvalue weighted by Crippen LogP contribution is 2.17. The van der Waals surface area contributed by atoms with Gasteiger partial charge in [-0.3, -0.25) is 14.5 Å². The summed E-state index contributed by atoms with van der Waals surface area (Å²) in [5.74, 6) is 0.0767. The maximum absolute atomic E-state index is 12.6. The maximum atomic E-state index is 12.6. The first-order chi connectivity index (χ1) is 12.2. The molecule has 2 heterocycles. The van der Waals surface area contributed by atoms with Crippen LogP contribution in [0.3, 0.4) is 0 Å². The molecule has 0 saturated carbocycles. The minimum atomic E-state index is 0.00414. The van der Waals surface area contributed by atoms with E-state index >= 15 is 0 Å². The standard InChI is InChI=1S/C20H29N3O2/c24-19(16-22-11-4-1-2-5-12-22)21-18-10-8-9-17(15-18)20(25)23-13-6-3-7-14-23/h8-10,15H,1-7,11-14,16H2,(H,21,24). The van der Waals surface area contributed by atoms with E-state index in [0.717, 1.165) is 39.0 Å². The van der Waals surface area contributed by atoms with E-state index in [9.17, 15) is 9.59 Å². The van der Waals surface area contributed by atoms with Crippen LogP contribution in [-0.2, 0) is 4.79 Å². The van der Waals surface area contributed by atoms with Crippen LogP contribution in [0.1, 0.15) is 55.3 Å². The van der Waals surface area contributed by atoms with Gasteiger partial charge >= 0.3 is 0 Å². The van der Waals surface area contributed by atoms with Gasteiger partial charge in [-0.1, -0.05) is 18.9 Å². The van der Waals surface area contributed by atoms with Crippen LogP contribution in [0.25, 0.3) is 0 Å². The molecule has 5 heteroatoms. The molecule has 0 radical (unpaired) electrons. The first-order valence-electron chi connectivity index (χ1n) is 9.64. The van der Waals surface area contributed by atoms with E-state index in [1.807, 2.05) is 23.1 Å². The lowest BCUT2D eigenvalue weighted by molar-refractivity contribution is -0.117. The Hall–Kier alpha value is -1.88. The predicted octanol–water partition coefficient (Wildman–Crippen LogP) is 3.13. The molecule has 1 N–H and O–H groups in total. The average molecular weight is 343 g/mol. The molecule has 2 saturated heterocycles. The second-order valence-electron chi connectivity index (χ2n) is 7.17. The van der Waals surface area contributed by atoms with Gasteiger partial charge in [0.15, 0.2) is 0 Å². The van der Waals surface area contributed by atoms with Crippen LogP contribution in [0.2, 0.25) is 0 Å². The summed E-state index contributed by atoms with van der Waals surface area (Å²) in [6.45, 7) is 4.11. The fourth-order valence-electron chi connectivity index (χ4n) is 3.71. The van der Waals surface area contributed by atoms with E-state index in [1.165, 1.54) is 32.1 Å². The van der Waals surface area contributed by atoms with Crippen LogP contribution in [-0.4, -0.2) is 54.3 Å². The summed E-state index contributed by atoms with van der Waals surface area (Å²) in [6.07, 6.45) is 8.24. The molecule has 136 valence electrons. The number of piperidine rings is 1. The summed E-state index contributed by atoms with van der Waals surface area (Å²) in [5, 5.41) is 2.96. The number of hydrogen-bond donors (Lipinski definition) is 1. The molecular weight excluding hydrogens is 314 g/mol. The average Bonchev–Trinajstić information content (AvgIpc) is 2.90. The van der Waals surface area contributed by atoms with Gasteiger partial charge in [0, 0.05) is 24.3 Å². The van der Waals surface area contributed by atoms with Crippen molar-refractivity contribution < 1.29 is 9.59 Å². The van der Waals surface area contributed by atoms with E-state index in [0.29, 0.717) is 17.8 Å². The number of anilines is 1. The Bertz CT molecular complexity index is 588. The molecule has 2 aliphatic rings. The zero-order valence-electron chi connectivity index (χ0n) is 15.0. The van der Waals surface area contributed by atoms with Crippen LogP contribution in [0, 0.1) is 0 Å². The molecule has 25 heavy (non-hydrogen) atoms. The third-order valence-corrected chi connectivity index (χ3v) is 5.10. The topological polar surface area (TPSA) is 52.7 Å². The minimum Gasteiger partial charge on any atom is -0.339 e. The Balaban J connectivity index is 1.57. The fourth-order valence-corrected chi connectivity index (χ4v) is 3.71. The van der Waals surface area contributed by atoms with Crippen molar-refractivity contribution in [2.24, 2.45) is 0 Å². The van der Waals surface area contributed by atoms with Crippen molar-refractivity contribution >= 4 is 17.5 Å². The Labute approximate surface area is 150 Å². The second-order valence-corrected chi connectivity index (χ2v) is 7.17. The zero-order chi connectivity index (χ0) is 17.5. The number of nitrogens with one attached hydrogen (secondary N) is 1. The molecule has 1 aromatic rings. The third-order valence-electron chi connectivity index (χ3n) is 5.10. The van der Waals surface area contributed by atoms with Crippen molar-refractivity contribution in [2.75, 3.05) is 38.0 Å². The molecule has 2 aliphatic heterocycles. The van der Waals surface area contributed by atoms with Gasteiger partial charge in [0.05, 0.1) is 6.54 Å². The largest absolute Gasteiger partial charge is 0.339 e. The monoisotopic (exact) mass is 343 g/mol. The number of benzene rings is 1. The van der Waals surface area contributed by atoms with E-state index < -0.39 is 0 Å². The molecule has 0 unspecified atom stereocenters. The lowest BCUT2D eigenvalue weighted by Crippen LogP contribution is -2.35. The van der Waals surface area contributed by atoms with Crippen molar-refractivity contribution in [3.63, 3.8) is 0 Å². The van der Waals surface area contributed by atoms with Crippen molar-refractivity contribution in [1.82, 2.24) is 9.80 Å². The van der Waals surface area contributed by atoms with E-state index in [-0.39, 0.29) is 11.8 Å². The van der Waals surface area contributed by atoms with E-state index in [2.05, 4.69) is 10.2 Å². The van der Waals surface area contributed by atoms with Crippen LogP contribution in [0.4, 0.5) is 5.69 Å². The Morgan fingerprint density at radius 1 is 0.880 bits per heavy atom. The van der Waals surface area contributed by atoms with Crippen molar-refractivity contribution in [3.8, 4) is 0 Å². The summed E-state index contributed by atoms with van der Waals surface area (Å²) in [7, 11) is 0. The lowest BCUT2D eigenvalue weighted by Gasteiger charge is -2.26.